The van der Waals surface area contributed by atoms with Crippen molar-refractivity contribution in [2.45, 2.75) is 44.9 Å². The number of rotatable bonds is 7. The summed E-state index contributed by atoms with van der Waals surface area (Å²) in [7, 11) is 3.46. The number of methoxy groups -OCH3 is 1. The van der Waals surface area contributed by atoms with Crippen molar-refractivity contribution in [2.75, 3.05) is 14.2 Å². The molecule has 0 aliphatic heterocycles. The summed E-state index contributed by atoms with van der Waals surface area (Å²) in [6, 6.07) is 16.3. The lowest BCUT2D eigenvalue weighted by Gasteiger charge is -2.20. The molecule has 1 aromatic heterocycles. The lowest BCUT2D eigenvalue weighted by atomic mass is 10.1. The Bertz CT molecular complexity index is 1050. The van der Waals surface area contributed by atoms with E-state index in [1.54, 1.807) is 14.2 Å². The zero-order valence-corrected chi connectivity index (χ0v) is 21.0. The van der Waals surface area contributed by atoms with Gasteiger partial charge in [0, 0.05) is 37.3 Å². The van der Waals surface area contributed by atoms with E-state index in [-0.39, 0.29) is 30.1 Å². The van der Waals surface area contributed by atoms with Crippen LogP contribution in [0.4, 0.5) is 0 Å². The predicted molar refractivity (Wildman–Crippen MR) is 140 cm³/mol. The van der Waals surface area contributed by atoms with Crippen LogP contribution in [0.5, 0.6) is 11.5 Å². The average molecular weight is 546 g/mol. The zero-order valence-electron chi connectivity index (χ0n) is 18.6. The Morgan fingerprint density at radius 2 is 1.69 bits per heavy atom. The highest BCUT2D eigenvalue weighted by atomic mass is 127. The van der Waals surface area contributed by atoms with Crippen molar-refractivity contribution in [1.29, 1.82) is 0 Å². The topological polar surface area (TPSA) is 67.8 Å². The van der Waals surface area contributed by atoms with E-state index in [2.05, 4.69) is 50.9 Å². The van der Waals surface area contributed by atoms with Crippen LogP contribution in [0.3, 0.4) is 0 Å². The summed E-state index contributed by atoms with van der Waals surface area (Å²) in [6.45, 7) is 1.23. The van der Waals surface area contributed by atoms with Crippen molar-refractivity contribution in [3.05, 3.63) is 65.9 Å². The Morgan fingerprint density at radius 1 is 1.00 bits per heavy atom. The van der Waals surface area contributed by atoms with E-state index in [0.29, 0.717) is 13.1 Å². The third-order valence-corrected chi connectivity index (χ3v) is 5.70. The molecule has 0 atom stereocenters. The maximum Gasteiger partial charge on any atom is 0.191 e. The van der Waals surface area contributed by atoms with Crippen LogP contribution in [-0.2, 0) is 13.1 Å². The van der Waals surface area contributed by atoms with Crippen molar-refractivity contribution in [2.24, 2.45) is 4.99 Å². The number of para-hydroxylation sites is 2. The molecule has 32 heavy (non-hydrogen) atoms. The number of benzene rings is 2. The largest absolute Gasteiger partial charge is 0.493 e. The lowest BCUT2D eigenvalue weighted by molar-refractivity contribution is 0.198. The molecule has 4 rings (SSSR count). The predicted octanol–water partition coefficient (Wildman–Crippen LogP) is 5.05. The van der Waals surface area contributed by atoms with Gasteiger partial charge < -0.3 is 20.1 Å². The molecule has 1 saturated carbocycles. The van der Waals surface area contributed by atoms with Crippen LogP contribution in [-0.4, -0.2) is 31.2 Å². The van der Waals surface area contributed by atoms with Crippen LogP contribution in [0.15, 0.2) is 59.7 Å². The second-order valence-electron chi connectivity index (χ2n) is 7.74. The number of nitrogens with zero attached hydrogens (tertiary/aromatic N) is 2. The first-order chi connectivity index (χ1) is 15.3. The third kappa shape index (κ3) is 5.82. The Kier molecular flexibility index (Phi) is 8.96. The number of halogens is 1. The van der Waals surface area contributed by atoms with Crippen molar-refractivity contribution in [1.82, 2.24) is 15.6 Å². The fraction of sp³-hybridized carbons (Fsp3) is 0.360. The van der Waals surface area contributed by atoms with Gasteiger partial charge in [0.1, 0.15) is 0 Å². The second-order valence-corrected chi connectivity index (χ2v) is 7.74. The van der Waals surface area contributed by atoms with Crippen molar-refractivity contribution in [3.63, 3.8) is 0 Å². The molecular weight excluding hydrogens is 515 g/mol. The van der Waals surface area contributed by atoms with Crippen LogP contribution in [0, 0.1) is 0 Å². The van der Waals surface area contributed by atoms with E-state index in [4.69, 9.17) is 9.47 Å². The first kappa shape index (κ1) is 24.1. The summed E-state index contributed by atoms with van der Waals surface area (Å²) in [6.07, 6.45) is 6.76. The monoisotopic (exact) mass is 546 g/mol. The van der Waals surface area contributed by atoms with Gasteiger partial charge in [-0.1, -0.05) is 36.4 Å². The van der Waals surface area contributed by atoms with E-state index >= 15 is 0 Å². The van der Waals surface area contributed by atoms with Gasteiger partial charge in [-0.3, -0.25) is 9.98 Å². The Hall–Kier alpha value is -2.55. The van der Waals surface area contributed by atoms with Crippen LogP contribution in [0.2, 0.25) is 0 Å². The number of aromatic nitrogens is 1. The van der Waals surface area contributed by atoms with E-state index in [1.807, 2.05) is 24.4 Å². The number of pyridine rings is 1. The standard InChI is InChI=1S/C25H30N4O2.HI/c1-26-25(28-16-19-9-5-8-18-11-7-15-27-23(18)19)29-17-20-10-6-14-22(30-2)24(20)31-21-12-3-4-13-21;/h5-11,14-15,21H,3-4,12-13,16-17H2,1-2H3,(H2,26,28,29);1H. The van der Waals surface area contributed by atoms with Gasteiger partial charge >= 0.3 is 0 Å². The van der Waals surface area contributed by atoms with Gasteiger partial charge in [-0.15, -0.1) is 24.0 Å². The molecule has 6 nitrogen and oxygen atoms in total. The molecular formula is C25H31IN4O2. The molecule has 3 aromatic rings. The average Bonchev–Trinajstić information content (AvgIpc) is 3.33. The summed E-state index contributed by atoms with van der Waals surface area (Å²) in [5, 5.41) is 7.93. The maximum absolute atomic E-state index is 6.34. The molecule has 2 aromatic carbocycles. The number of hydrogen-bond donors (Lipinski definition) is 2. The zero-order chi connectivity index (χ0) is 21.5. The number of nitrogens with one attached hydrogen (secondary N) is 2. The number of ether oxygens (including phenoxy) is 2. The molecule has 2 N–H and O–H groups in total. The summed E-state index contributed by atoms with van der Waals surface area (Å²) >= 11 is 0. The molecule has 1 fully saturated rings. The van der Waals surface area contributed by atoms with E-state index in [1.165, 1.54) is 12.8 Å². The highest BCUT2D eigenvalue weighted by Gasteiger charge is 2.20. The van der Waals surface area contributed by atoms with E-state index in [0.717, 1.165) is 52.3 Å². The van der Waals surface area contributed by atoms with Gasteiger partial charge in [0.25, 0.3) is 0 Å². The molecule has 170 valence electrons. The van der Waals surface area contributed by atoms with Gasteiger partial charge in [0.2, 0.25) is 0 Å². The van der Waals surface area contributed by atoms with Crippen LogP contribution in [0.25, 0.3) is 10.9 Å². The first-order valence-corrected chi connectivity index (χ1v) is 10.9. The smallest absolute Gasteiger partial charge is 0.191 e. The Balaban J connectivity index is 0.00000289. The minimum absolute atomic E-state index is 0. The number of hydrogen-bond acceptors (Lipinski definition) is 4. The van der Waals surface area contributed by atoms with E-state index in [9.17, 15) is 0 Å². The van der Waals surface area contributed by atoms with Gasteiger partial charge in [-0.25, -0.2) is 0 Å². The van der Waals surface area contributed by atoms with Gasteiger partial charge in [0.15, 0.2) is 17.5 Å². The SMILES string of the molecule is CN=C(NCc1cccc(OC)c1OC1CCCC1)NCc1cccc2cccnc12.I. The summed E-state index contributed by atoms with van der Waals surface area (Å²) in [4.78, 5) is 8.90. The van der Waals surface area contributed by atoms with Crippen LogP contribution < -0.4 is 20.1 Å². The molecule has 0 radical (unpaired) electrons. The molecule has 0 saturated heterocycles. The Morgan fingerprint density at radius 3 is 2.44 bits per heavy atom. The number of guanidine groups is 1. The van der Waals surface area contributed by atoms with Crippen molar-refractivity contribution in [3.8, 4) is 11.5 Å². The second kappa shape index (κ2) is 11.9. The molecule has 0 unspecified atom stereocenters. The molecule has 0 amide bonds. The number of aliphatic imine (C=N–C) groups is 1. The highest BCUT2D eigenvalue weighted by Crippen LogP contribution is 2.34. The summed E-state index contributed by atoms with van der Waals surface area (Å²) in [5.41, 5.74) is 3.20. The van der Waals surface area contributed by atoms with Gasteiger partial charge in [0.05, 0.1) is 18.7 Å². The highest BCUT2D eigenvalue weighted by molar-refractivity contribution is 14.0. The first-order valence-electron chi connectivity index (χ1n) is 10.9. The summed E-state index contributed by atoms with van der Waals surface area (Å²) in [5.74, 6) is 2.33. The van der Waals surface area contributed by atoms with Crippen molar-refractivity contribution < 1.29 is 9.47 Å². The minimum Gasteiger partial charge on any atom is -0.493 e. The van der Waals surface area contributed by atoms with Gasteiger partial charge in [-0.2, -0.15) is 0 Å². The maximum atomic E-state index is 6.34. The number of fused-ring (bicyclic) bond motifs is 1. The molecule has 0 bridgehead atoms. The minimum atomic E-state index is 0. The van der Waals surface area contributed by atoms with Crippen molar-refractivity contribution >= 4 is 40.8 Å². The molecule has 1 aliphatic carbocycles. The molecule has 1 heterocycles. The Labute approximate surface area is 206 Å². The quantitative estimate of drug-likeness (QED) is 0.247. The van der Waals surface area contributed by atoms with Crippen LogP contribution >= 0.6 is 24.0 Å². The molecule has 7 heteroatoms. The van der Waals surface area contributed by atoms with Crippen LogP contribution in [0.1, 0.15) is 36.8 Å². The van der Waals surface area contributed by atoms with E-state index < -0.39 is 0 Å². The third-order valence-electron chi connectivity index (χ3n) is 5.70. The fourth-order valence-corrected chi connectivity index (χ4v) is 4.06. The molecule has 0 spiro atoms. The summed E-state index contributed by atoms with van der Waals surface area (Å²) < 4.78 is 11.9. The normalized spacial score (nSPS) is 14.1. The lowest BCUT2D eigenvalue weighted by Crippen LogP contribution is -2.36. The fourth-order valence-electron chi connectivity index (χ4n) is 4.06. The molecule has 1 aliphatic rings. The van der Waals surface area contributed by atoms with Gasteiger partial charge in [-0.05, 0) is 43.4 Å².